The molecule has 1 aliphatic carbocycles. The molecule has 1 aromatic heterocycles. The second-order valence-electron chi connectivity index (χ2n) is 5.49. The van der Waals surface area contributed by atoms with Crippen LogP contribution in [0.25, 0.3) is 0 Å². The molecule has 1 fully saturated rings. The van der Waals surface area contributed by atoms with Crippen LogP contribution in [0.5, 0.6) is 0 Å². The maximum Gasteiger partial charge on any atom is 0.270 e. The van der Waals surface area contributed by atoms with E-state index in [4.69, 9.17) is 18.0 Å². The predicted octanol–water partition coefficient (Wildman–Crippen LogP) is 2.41. The minimum atomic E-state index is -0.113. The molecule has 1 aromatic rings. The highest BCUT2D eigenvalue weighted by Crippen LogP contribution is 2.23. The van der Waals surface area contributed by atoms with Crippen LogP contribution < -0.4 is 11.1 Å². The van der Waals surface area contributed by atoms with Gasteiger partial charge in [0, 0.05) is 17.8 Å². The summed E-state index contributed by atoms with van der Waals surface area (Å²) in [5.74, 6) is 0.413. The molecule has 0 saturated heterocycles. The van der Waals surface area contributed by atoms with Crippen LogP contribution in [0.3, 0.4) is 0 Å². The number of nitrogens with one attached hydrogen (secondary N) is 1. The average molecular weight is 291 g/mol. The molecule has 108 valence electrons. The molecule has 4 nitrogen and oxygen atoms in total. The molecule has 1 aliphatic rings. The molecule has 0 aromatic carbocycles. The summed E-state index contributed by atoms with van der Waals surface area (Å²) in [4.78, 5) is 16.6. The molecule has 2 rings (SSSR count). The van der Waals surface area contributed by atoms with Crippen molar-refractivity contribution in [3.8, 4) is 0 Å². The number of carbonyl (C=O) groups excluding carboxylic acids is 1. The number of hydrogen-bond donors (Lipinski definition) is 2. The normalized spacial score (nSPS) is 22.9. The molecule has 1 heterocycles. The van der Waals surface area contributed by atoms with Gasteiger partial charge >= 0.3 is 0 Å². The highest BCUT2D eigenvalue weighted by atomic mass is 32.1. The minimum absolute atomic E-state index is 0.113. The first kappa shape index (κ1) is 14.9. The molecule has 0 aliphatic heterocycles. The first-order chi connectivity index (χ1) is 9.58. The first-order valence-electron chi connectivity index (χ1n) is 7.14. The number of nitrogens with two attached hydrogens (primary N) is 1. The van der Waals surface area contributed by atoms with Crippen LogP contribution in [0.15, 0.2) is 18.3 Å². The molecular formula is C15H21N3OS. The minimum Gasteiger partial charge on any atom is -0.389 e. The van der Waals surface area contributed by atoms with E-state index in [1.165, 1.54) is 25.7 Å². The summed E-state index contributed by atoms with van der Waals surface area (Å²) in [6.07, 6.45) is 7.49. The molecule has 2 unspecified atom stereocenters. The van der Waals surface area contributed by atoms with Gasteiger partial charge in [-0.25, -0.2) is 0 Å². The molecule has 0 spiro atoms. The summed E-state index contributed by atoms with van der Waals surface area (Å²) in [6.45, 7) is 2.21. The molecule has 2 atom stereocenters. The van der Waals surface area contributed by atoms with E-state index in [-0.39, 0.29) is 11.9 Å². The largest absolute Gasteiger partial charge is 0.389 e. The van der Waals surface area contributed by atoms with Crippen LogP contribution in [0.4, 0.5) is 0 Å². The van der Waals surface area contributed by atoms with Gasteiger partial charge in [-0.05, 0) is 30.9 Å². The van der Waals surface area contributed by atoms with Gasteiger partial charge in [0.2, 0.25) is 0 Å². The van der Waals surface area contributed by atoms with Crippen molar-refractivity contribution in [1.29, 1.82) is 0 Å². The van der Waals surface area contributed by atoms with Gasteiger partial charge in [-0.15, -0.1) is 0 Å². The number of aromatic nitrogens is 1. The summed E-state index contributed by atoms with van der Waals surface area (Å²) in [5, 5.41) is 3.11. The Hall–Kier alpha value is -1.49. The van der Waals surface area contributed by atoms with Crippen LogP contribution in [-0.2, 0) is 0 Å². The Morgan fingerprint density at radius 3 is 2.75 bits per heavy atom. The van der Waals surface area contributed by atoms with Crippen molar-refractivity contribution in [2.24, 2.45) is 11.7 Å². The molecule has 1 saturated carbocycles. The van der Waals surface area contributed by atoms with Gasteiger partial charge in [0.15, 0.2) is 0 Å². The predicted molar refractivity (Wildman–Crippen MR) is 83.6 cm³/mol. The van der Waals surface area contributed by atoms with Crippen molar-refractivity contribution in [2.45, 2.75) is 45.1 Å². The van der Waals surface area contributed by atoms with Crippen LogP contribution in [-0.4, -0.2) is 21.9 Å². The van der Waals surface area contributed by atoms with Gasteiger partial charge in [-0.3, -0.25) is 9.78 Å². The van der Waals surface area contributed by atoms with Crippen molar-refractivity contribution >= 4 is 23.1 Å². The fourth-order valence-corrected chi connectivity index (χ4v) is 2.74. The van der Waals surface area contributed by atoms with E-state index in [9.17, 15) is 4.79 Å². The van der Waals surface area contributed by atoms with Gasteiger partial charge in [0.05, 0.1) is 0 Å². The highest BCUT2D eigenvalue weighted by Gasteiger charge is 2.22. The number of amides is 1. The Balaban J connectivity index is 2.01. The highest BCUT2D eigenvalue weighted by molar-refractivity contribution is 7.80. The van der Waals surface area contributed by atoms with E-state index in [0.29, 0.717) is 22.2 Å². The second-order valence-corrected chi connectivity index (χ2v) is 5.93. The van der Waals surface area contributed by atoms with Crippen LogP contribution in [0.1, 0.15) is 55.1 Å². The third kappa shape index (κ3) is 3.76. The van der Waals surface area contributed by atoms with Gasteiger partial charge in [0.1, 0.15) is 10.7 Å². The zero-order valence-electron chi connectivity index (χ0n) is 11.8. The Labute approximate surface area is 125 Å². The topological polar surface area (TPSA) is 68.0 Å². The lowest BCUT2D eigenvalue weighted by molar-refractivity contribution is 0.0916. The zero-order chi connectivity index (χ0) is 14.5. The van der Waals surface area contributed by atoms with Gasteiger partial charge in [-0.2, -0.15) is 0 Å². The van der Waals surface area contributed by atoms with Crippen LogP contribution in [0.2, 0.25) is 0 Å². The van der Waals surface area contributed by atoms with Gasteiger partial charge in [-0.1, -0.05) is 38.4 Å². The lowest BCUT2D eigenvalue weighted by atomic mass is 9.97. The number of carbonyl (C=O) groups is 1. The van der Waals surface area contributed by atoms with Crippen molar-refractivity contribution in [2.75, 3.05) is 0 Å². The van der Waals surface area contributed by atoms with E-state index >= 15 is 0 Å². The van der Waals surface area contributed by atoms with Crippen molar-refractivity contribution < 1.29 is 4.79 Å². The summed E-state index contributed by atoms with van der Waals surface area (Å²) < 4.78 is 0. The van der Waals surface area contributed by atoms with Gasteiger partial charge in [0.25, 0.3) is 5.91 Å². The van der Waals surface area contributed by atoms with E-state index in [0.717, 1.165) is 6.42 Å². The SMILES string of the molecule is CC1CCCCCC1NC(=O)c1ccc(C(N)=S)cn1. The summed E-state index contributed by atoms with van der Waals surface area (Å²) in [7, 11) is 0. The molecule has 20 heavy (non-hydrogen) atoms. The fourth-order valence-electron chi connectivity index (χ4n) is 2.62. The number of nitrogens with zero attached hydrogens (tertiary/aromatic N) is 1. The molecule has 0 bridgehead atoms. The first-order valence-corrected chi connectivity index (χ1v) is 7.55. The van der Waals surface area contributed by atoms with Crippen molar-refractivity contribution in [3.05, 3.63) is 29.6 Å². The molecule has 1 amide bonds. The smallest absolute Gasteiger partial charge is 0.270 e. The number of hydrogen-bond acceptors (Lipinski definition) is 3. The standard InChI is InChI=1S/C15H21N3OS/c1-10-5-3-2-4-6-12(10)18-15(19)13-8-7-11(9-17-13)14(16)20/h7-10,12H,2-6H2,1H3,(H2,16,20)(H,18,19). The molecule has 0 radical (unpaired) electrons. The Morgan fingerprint density at radius 1 is 1.35 bits per heavy atom. The lowest BCUT2D eigenvalue weighted by Crippen LogP contribution is -2.39. The van der Waals surface area contributed by atoms with Crippen molar-refractivity contribution in [3.63, 3.8) is 0 Å². The van der Waals surface area contributed by atoms with E-state index in [1.54, 1.807) is 18.3 Å². The van der Waals surface area contributed by atoms with Gasteiger partial charge < -0.3 is 11.1 Å². The maximum atomic E-state index is 12.2. The fraction of sp³-hybridized carbons (Fsp3) is 0.533. The number of rotatable bonds is 3. The van der Waals surface area contributed by atoms with E-state index in [2.05, 4.69) is 17.2 Å². The molecule has 3 N–H and O–H groups in total. The Kier molecular flexibility index (Phi) is 5.06. The summed E-state index contributed by atoms with van der Waals surface area (Å²) >= 11 is 4.87. The monoisotopic (exact) mass is 291 g/mol. The molecule has 5 heteroatoms. The number of thiocarbonyl (C=S) groups is 1. The third-order valence-corrected chi connectivity index (χ3v) is 4.19. The average Bonchev–Trinajstić information content (AvgIpc) is 2.64. The summed E-state index contributed by atoms with van der Waals surface area (Å²) in [6, 6.07) is 3.66. The zero-order valence-corrected chi connectivity index (χ0v) is 12.6. The lowest BCUT2D eigenvalue weighted by Gasteiger charge is -2.22. The van der Waals surface area contributed by atoms with E-state index in [1.807, 2.05) is 0 Å². The third-order valence-electron chi connectivity index (χ3n) is 3.96. The Morgan fingerprint density at radius 2 is 2.10 bits per heavy atom. The summed E-state index contributed by atoms with van der Waals surface area (Å²) in [5.41, 5.74) is 6.61. The van der Waals surface area contributed by atoms with Crippen LogP contribution >= 0.6 is 12.2 Å². The van der Waals surface area contributed by atoms with Crippen molar-refractivity contribution in [1.82, 2.24) is 10.3 Å². The quantitative estimate of drug-likeness (QED) is 0.663. The number of pyridine rings is 1. The second kappa shape index (κ2) is 6.79. The Bertz CT molecular complexity index is 486. The molecular weight excluding hydrogens is 270 g/mol. The van der Waals surface area contributed by atoms with Crippen LogP contribution in [0, 0.1) is 5.92 Å². The maximum absolute atomic E-state index is 12.2. The van der Waals surface area contributed by atoms with E-state index < -0.39 is 0 Å².